The molecule has 0 atom stereocenters. The van der Waals surface area contributed by atoms with E-state index in [1.807, 2.05) is 13.8 Å². The van der Waals surface area contributed by atoms with Crippen molar-refractivity contribution in [3.8, 4) is 0 Å². The highest BCUT2D eigenvalue weighted by atomic mass is 16.5. The van der Waals surface area contributed by atoms with E-state index in [1.165, 1.54) is 0 Å². The molecule has 0 saturated carbocycles. The minimum Gasteiger partial charge on any atom is -0.462 e. The van der Waals surface area contributed by atoms with Crippen LogP contribution in [0.3, 0.4) is 0 Å². The van der Waals surface area contributed by atoms with Crippen LogP contribution in [0.25, 0.3) is 0 Å². The molecular formula is C18H32O6. The van der Waals surface area contributed by atoms with Gasteiger partial charge in [0.15, 0.2) is 0 Å². The summed E-state index contributed by atoms with van der Waals surface area (Å²) in [7, 11) is 0. The van der Waals surface area contributed by atoms with Crippen LogP contribution >= 0.6 is 0 Å². The van der Waals surface area contributed by atoms with E-state index in [9.17, 15) is 9.59 Å². The number of esters is 2. The first-order chi connectivity index (χ1) is 10.8. The lowest BCUT2D eigenvalue weighted by Crippen LogP contribution is -2.28. The lowest BCUT2D eigenvalue weighted by molar-refractivity contribution is -0.147. The van der Waals surface area contributed by atoms with E-state index in [0.29, 0.717) is 11.1 Å². The molecule has 24 heavy (non-hydrogen) atoms. The zero-order valence-electron chi connectivity index (χ0n) is 15.8. The maximum atomic E-state index is 11.2. The molecule has 0 saturated heterocycles. The molecule has 0 heterocycles. The Bertz CT molecular complexity index is 410. The standard InChI is InChI=1S/C13H20O4.C5H12O2/c1-9(2)11(14)16-7-13(5,6)8-17-12(15)10(3)4;1-5(2,3-6)4-7/h1,3,7-8H2,2,4-6H3;6-7H,3-4H2,1-2H3. The van der Waals surface area contributed by atoms with Crippen LogP contribution in [-0.4, -0.2) is 48.6 Å². The van der Waals surface area contributed by atoms with Gasteiger partial charge in [0.1, 0.15) is 0 Å². The van der Waals surface area contributed by atoms with Crippen molar-refractivity contribution in [2.45, 2.75) is 41.5 Å². The Morgan fingerprint density at radius 2 is 1.08 bits per heavy atom. The van der Waals surface area contributed by atoms with Crippen LogP contribution < -0.4 is 0 Å². The van der Waals surface area contributed by atoms with Crippen LogP contribution in [0.15, 0.2) is 24.3 Å². The lowest BCUT2D eigenvalue weighted by Gasteiger charge is -2.23. The number of carbonyl (C=O) groups is 2. The van der Waals surface area contributed by atoms with Crippen LogP contribution in [0.5, 0.6) is 0 Å². The first-order valence-corrected chi connectivity index (χ1v) is 7.65. The zero-order chi connectivity index (χ0) is 19.6. The number of carbonyl (C=O) groups excluding carboxylic acids is 2. The summed E-state index contributed by atoms with van der Waals surface area (Å²) in [6, 6.07) is 0. The first-order valence-electron chi connectivity index (χ1n) is 7.65. The molecule has 6 heteroatoms. The summed E-state index contributed by atoms with van der Waals surface area (Å²) < 4.78 is 10.0. The van der Waals surface area contributed by atoms with E-state index in [2.05, 4.69) is 13.2 Å². The van der Waals surface area contributed by atoms with Gasteiger partial charge in [-0.3, -0.25) is 0 Å². The molecule has 0 aliphatic carbocycles. The molecule has 0 bridgehead atoms. The molecule has 0 radical (unpaired) electrons. The Kier molecular flexibility index (Phi) is 11.3. The number of hydrogen-bond acceptors (Lipinski definition) is 6. The van der Waals surface area contributed by atoms with Gasteiger partial charge in [0, 0.05) is 22.0 Å². The summed E-state index contributed by atoms with van der Waals surface area (Å²) in [5.74, 6) is -0.881. The molecule has 0 fully saturated rings. The molecule has 0 rings (SSSR count). The van der Waals surface area contributed by atoms with Crippen molar-refractivity contribution in [3.05, 3.63) is 24.3 Å². The van der Waals surface area contributed by atoms with Gasteiger partial charge in [0.25, 0.3) is 0 Å². The summed E-state index contributed by atoms with van der Waals surface area (Å²) in [5.41, 5.74) is -0.0459. The Morgan fingerprint density at radius 1 is 0.792 bits per heavy atom. The maximum Gasteiger partial charge on any atom is 0.333 e. The van der Waals surface area contributed by atoms with Crippen molar-refractivity contribution in [2.75, 3.05) is 26.4 Å². The predicted molar refractivity (Wildman–Crippen MR) is 93.3 cm³/mol. The number of hydrogen-bond donors (Lipinski definition) is 2. The van der Waals surface area contributed by atoms with Crippen LogP contribution in [0.1, 0.15) is 41.5 Å². The number of rotatable bonds is 8. The van der Waals surface area contributed by atoms with Crippen LogP contribution in [0.4, 0.5) is 0 Å². The summed E-state index contributed by atoms with van der Waals surface area (Å²) in [6.45, 7) is 17.8. The Balaban J connectivity index is 0. The third-order valence-electron chi connectivity index (χ3n) is 2.74. The average molecular weight is 344 g/mol. The predicted octanol–water partition coefficient (Wildman–Crippen LogP) is 2.25. The molecule has 0 aliphatic rings. The SMILES string of the molecule is C=C(C)C(=O)OCC(C)(C)COC(=O)C(=C)C.CC(C)(CO)CO. The minimum absolute atomic E-state index is 0.0451. The quantitative estimate of drug-likeness (QED) is 0.518. The van der Waals surface area contributed by atoms with Crippen molar-refractivity contribution in [1.29, 1.82) is 0 Å². The van der Waals surface area contributed by atoms with E-state index in [1.54, 1.807) is 27.7 Å². The summed E-state index contributed by atoms with van der Waals surface area (Å²) in [5, 5.41) is 16.9. The first kappa shape index (κ1) is 24.6. The van der Waals surface area contributed by atoms with Gasteiger partial charge >= 0.3 is 11.9 Å². The molecule has 0 aromatic heterocycles. The molecule has 140 valence electrons. The van der Waals surface area contributed by atoms with Gasteiger partial charge in [-0.25, -0.2) is 9.59 Å². The van der Waals surface area contributed by atoms with Crippen molar-refractivity contribution < 1.29 is 29.3 Å². The second-order valence-corrected chi connectivity index (χ2v) is 7.36. The fourth-order valence-electron chi connectivity index (χ4n) is 0.860. The van der Waals surface area contributed by atoms with Crippen molar-refractivity contribution >= 4 is 11.9 Å². The topological polar surface area (TPSA) is 93.1 Å². The lowest BCUT2D eigenvalue weighted by atomic mass is 9.96. The fourth-order valence-corrected chi connectivity index (χ4v) is 0.860. The monoisotopic (exact) mass is 344 g/mol. The summed E-state index contributed by atoms with van der Waals surface area (Å²) in [4.78, 5) is 22.4. The van der Waals surface area contributed by atoms with Gasteiger partial charge in [-0.1, -0.05) is 40.9 Å². The molecule has 0 aromatic rings. The maximum absolute atomic E-state index is 11.2. The molecule has 2 N–H and O–H groups in total. The van der Waals surface area contributed by atoms with Gasteiger partial charge in [-0.2, -0.15) is 0 Å². The van der Waals surface area contributed by atoms with Gasteiger partial charge < -0.3 is 19.7 Å². The van der Waals surface area contributed by atoms with Crippen molar-refractivity contribution in [2.24, 2.45) is 10.8 Å². The smallest absolute Gasteiger partial charge is 0.333 e. The highest BCUT2D eigenvalue weighted by molar-refractivity contribution is 5.87. The van der Waals surface area contributed by atoms with Gasteiger partial charge in [0.05, 0.1) is 26.4 Å². The summed E-state index contributed by atoms with van der Waals surface area (Å²) in [6.07, 6.45) is 0. The van der Waals surface area contributed by atoms with E-state index >= 15 is 0 Å². The Labute approximate surface area is 145 Å². The molecular weight excluding hydrogens is 312 g/mol. The molecule has 0 unspecified atom stereocenters. The van der Waals surface area contributed by atoms with E-state index in [-0.39, 0.29) is 31.8 Å². The second-order valence-electron chi connectivity index (χ2n) is 7.36. The van der Waals surface area contributed by atoms with Crippen LogP contribution in [0.2, 0.25) is 0 Å². The molecule has 0 amide bonds. The van der Waals surface area contributed by atoms with Crippen LogP contribution in [-0.2, 0) is 19.1 Å². The molecule has 0 aliphatic heterocycles. The van der Waals surface area contributed by atoms with E-state index < -0.39 is 17.4 Å². The largest absolute Gasteiger partial charge is 0.462 e. The van der Waals surface area contributed by atoms with Crippen LogP contribution in [0, 0.1) is 10.8 Å². The number of aliphatic hydroxyl groups is 2. The third-order valence-corrected chi connectivity index (χ3v) is 2.74. The third kappa shape index (κ3) is 12.8. The van der Waals surface area contributed by atoms with Crippen molar-refractivity contribution in [3.63, 3.8) is 0 Å². The van der Waals surface area contributed by atoms with Gasteiger partial charge in [-0.05, 0) is 13.8 Å². The minimum atomic E-state index is -0.440. The van der Waals surface area contributed by atoms with E-state index in [4.69, 9.17) is 19.7 Å². The number of ether oxygens (including phenoxy) is 2. The van der Waals surface area contributed by atoms with E-state index in [0.717, 1.165) is 0 Å². The fraction of sp³-hybridized carbons (Fsp3) is 0.667. The van der Waals surface area contributed by atoms with Gasteiger partial charge in [-0.15, -0.1) is 0 Å². The highest BCUT2D eigenvalue weighted by Gasteiger charge is 2.23. The molecule has 0 spiro atoms. The number of aliphatic hydroxyl groups excluding tert-OH is 2. The Hall–Kier alpha value is -1.66. The normalized spacial score (nSPS) is 11.0. The zero-order valence-corrected chi connectivity index (χ0v) is 15.8. The molecule has 0 aromatic carbocycles. The van der Waals surface area contributed by atoms with Crippen molar-refractivity contribution in [1.82, 2.24) is 0 Å². The highest BCUT2D eigenvalue weighted by Crippen LogP contribution is 2.17. The Morgan fingerprint density at radius 3 is 1.25 bits per heavy atom. The molecule has 6 nitrogen and oxygen atoms in total. The average Bonchev–Trinajstić information content (AvgIpc) is 2.50. The second kappa shape index (κ2) is 11.0. The summed E-state index contributed by atoms with van der Waals surface area (Å²) >= 11 is 0. The van der Waals surface area contributed by atoms with Gasteiger partial charge in [0.2, 0.25) is 0 Å².